The Kier molecular flexibility index (Phi) is 4.43. The Morgan fingerprint density at radius 2 is 1.96 bits per heavy atom. The molecule has 138 valence electrons. The van der Waals surface area contributed by atoms with Gasteiger partial charge in [0, 0.05) is 19.3 Å². The summed E-state index contributed by atoms with van der Waals surface area (Å²) in [6, 6.07) is 6.28. The zero-order valence-corrected chi connectivity index (χ0v) is 14.3. The zero-order chi connectivity index (χ0) is 18.8. The fourth-order valence-electron chi connectivity index (χ4n) is 2.89. The molecule has 0 atom stereocenters. The largest absolute Gasteiger partial charge is 0.459 e. The molecule has 0 aromatic carbocycles. The molecule has 0 aliphatic carbocycles. The number of amides is 2. The highest BCUT2D eigenvalue weighted by Gasteiger charge is 2.22. The van der Waals surface area contributed by atoms with Crippen molar-refractivity contribution in [2.75, 3.05) is 31.6 Å². The van der Waals surface area contributed by atoms with Crippen LogP contribution in [0.3, 0.4) is 0 Å². The molecule has 0 saturated carbocycles. The van der Waals surface area contributed by atoms with E-state index in [0.717, 1.165) is 0 Å². The second kappa shape index (κ2) is 7.04. The lowest BCUT2D eigenvalue weighted by atomic mass is 10.2. The molecule has 4 heterocycles. The van der Waals surface area contributed by atoms with Crippen LogP contribution in [0.4, 0.5) is 5.69 Å². The summed E-state index contributed by atoms with van der Waals surface area (Å²) in [7, 11) is 0. The number of furan rings is 1. The molecule has 4 rings (SSSR count). The van der Waals surface area contributed by atoms with Gasteiger partial charge in [-0.15, -0.1) is 0 Å². The van der Waals surface area contributed by atoms with Gasteiger partial charge in [0.25, 0.3) is 17.4 Å². The van der Waals surface area contributed by atoms with E-state index in [2.05, 4.69) is 10.3 Å². The number of aromatic nitrogens is 2. The van der Waals surface area contributed by atoms with Gasteiger partial charge in [-0.1, -0.05) is 0 Å². The van der Waals surface area contributed by atoms with Crippen LogP contribution in [0.1, 0.15) is 20.9 Å². The van der Waals surface area contributed by atoms with Gasteiger partial charge >= 0.3 is 0 Å². The highest BCUT2D eigenvalue weighted by Crippen LogP contribution is 2.13. The Morgan fingerprint density at radius 1 is 1.15 bits per heavy atom. The summed E-state index contributed by atoms with van der Waals surface area (Å²) in [5.41, 5.74) is 0.0526. The second-order valence-electron chi connectivity index (χ2n) is 5.93. The maximum atomic E-state index is 12.8. The zero-order valence-electron chi connectivity index (χ0n) is 14.3. The Morgan fingerprint density at radius 3 is 2.70 bits per heavy atom. The summed E-state index contributed by atoms with van der Waals surface area (Å²) >= 11 is 0. The third-order valence-corrected chi connectivity index (χ3v) is 4.25. The van der Waals surface area contributed by atoms with Crippen molar-refractivity contribution in [3.63, 3.8) is 0 Å². The van der Waals surface area contributed by atoms with Gasteiger partial charge in [-0.2, -0.15) is 0 Å². The van der Waals surface area contributed by atoms with Gasteiger partial charge in [0.1, 0.15) is 5.69 Å². The minimum atomic E-state index is -0.556. The van der Waals surface area contributed by atoms with E-state index in [0.29, 0.717) is 31.9 Å². The van der Waals surface area contributed by atoms with Crippen LogP contribution < -0.4 is 10.9 Å². The topological polar surface area (TPSA) is 106 Å². The van der Waals surface area contributed by atoms with Gasteiger partial charge in [-0.05, 0) is 24.3 Å². The van der Waals surface area contributed by atoms with Crippen molar-refractivity contribution < 1.29 is 18.7 Å². The molecule has 0 spiro atoms. The number of carbonyl (C=O) groups is 2. The van der Waals surface area contributed by atoms with Crippen molar-refractivity contribution in [2.24, 2.45) is 0 Å². The molecule has 0 bridgehead atoms. The molecule has 1 saturated heterocycles. The molecule has 1 N–H and O–H groups in total. The predicted molar refractivity (Wildman–Crippen MR) is 94.8 cm³/mol. The minimum absolute atomic E-state index is 0.00938. The van der Waals surface area contributed by atoms with Gasteiger partial charge in [0.2, 0.25) is 0 Å². The van der Waals surface area contributed by atoms with E-state index >= 15 is 0 Å². The molecular formula is C18H16N4O5. The van der Waals surface area contributed by atoms with Gasteiger partial charge in [-0.25, -0.2) is 4.98 Å². The molecule has 1 aliphatic rings. The smallest absolute Gasteiger partial charge is 0.291 e. The Labute approximate surface area is 153 Å². The Balaban J connectivity index is 1.68. The first-order valence-electron chi connectivity index (χ1n) is 8.37. The van der Waals surface area contributed by atoms with Gasteiger partial charge in [0.05, 0.1) is 31.2 Å². The number of ether oxygens (including phenoxy) is 1. The number of nitrogens with zero attached hydrogens (tertiary/aromatic N) is 3. The molecule has 2 amide bonds. The number of pyridine rings is 1. The van der Waals surface area contributed by atoms with E-state index in [1.807, 2.05) is 0 Å². The first kappa shape index (κ1) is 17.0. The Hall–Kier alpha value is -3.46. The first-order valence-corrected chi connectivity index (χ1v) is 8.37. The van der Waals surface area contributed by atoms with Gasteiger partial charge < -0.3 is 19.4 Å². The number of hydrogen-bond acceptors (Lipinski definition) is 6. The maximum Gasteiger partial charge on any atom is 0.291 e. The van der Waals surface area contributed by atoms with Gasteiger partial charge in [0.15, 0.2) is 11.4 Å². The fourth-order valence-corrected chi connectivity index (χ4v) is 2.89. The van der Waals surface area contributed by atoms with E-state index < -0.39 is 11.5 Å². The van der Waals surface area contributed by atoms with E-state index in [-0.39, 0.29) is 23.0 Å². The molecule has 1 aliphatic heterocycles. The standard InChI is InChI=1S/C18H16N4O5/c23-16(14-4-2-8-27-14)20-13-11-19-15-12(3-1-5-22(15)18(13)25)17(24)21-6-9-26-10-7-21/h1-5,8,11H,6-7,9-10H2,(H,20,23). The summed E-state index contributed by atoms with van der Waals surface area (Å²) in [5, 5.41) is 2.48. The maximum absolute atomic E-state index is 12.8. The van der Waals surface area contributed by atoms with Crippen LogP contribution in [0.2, 0.25) is 0 Å². The molecule has 9 nitrogen and oxygen atoms in total. The molecule has 3 aromatic rings. The van der Waals surface area contributed by atoms with Crippen molar-refractivity contribution in [2.45, 2.75) is 0 Å². The van der Waals surface area contributed by atoms with Crippen molar-refractivity contribution in [3.05, 3.63) is 64.6 Å². The summed E-state index contributed by atoms with van der Waals surface area (Å²) in [5.74, 6) is -0.689. The molecule has 0 unspecified atom stereocenters. The van der Waals surface area contributed by atoms with Crippen LogP contribution >= 0.6 is 0 Å². The van der Waals surface area contributed by atoms with E-state index in [1.165, 1.54) is 29.1 Å². The molecule has 27 heavy (non-hydrogen) atoms. The van der Waals surface area contributed by atoms with E-state index in [4.69, 9.17) is 9.15 Å². The normalized spacial score (nSPS) is 14.3. The van der Waals surface area contributed by atoms with Crippen LogP contribution in [0, 0.1) is 0 Å². The van der Waals surface area contributed by atoms with Crippen LogP contribution in [0.15, 0.2) is 52.1 Å². The lowest BCUT2D eigenvalue weighted by molar-refractivity contribution is 0.0303. The third kappa shape index (κ3) is 3.20. The summed E-state index contributed by atoms with van der Waals surface area (Å²) in [4.78, 5) is 43.5. The number of rotatable bonds is 3. The molecule has 3 aromatic heterocycles. The number of anilines is 1. The number of fused-ring (bicyclic) bond motifs is 1. The van der Waals surface area contributed by atoms with Crippen molar-refractivity contribution in [1.29, 1.82) is 0 Å². The molecule has 0 radical (unpaired) electrons. The number of hydrogen-bond donors (Lipinski definition) is 1. The monoisotopic (exact) mass is 368 g/mol. The fraction of sp³-hybridized carbons (Fsp3) is 0.222. The second-order valence-corrected chi connectivity index (χ2v) is 5.93. The van der Waals surface area contributed by atoms with Crippen LogP contribution in [-0.2, 0) is 4.74 Å². The van der Waals surface area contributed by atoms with Crippen LogP contribution in [0.5, 0.6) is 0 Å². The summed E-state index contributed by atoms with van der Waals surface area (Å²) in [6.45, 7) is 1.93. The average Bonchev–Trinajstić information content (AvgIpc) is 3.25. The summed E-state index contributed by atoms with van der Waals surface area (Å²) < 4.78 is 11.5. The van der Waals surface area contributed by atoms with E-state index in [1.54, 1.807) is 23.1 Å². The minimum Gasteiger partial charge on any atom is -0.459 e. The van der Waals surface area contributed by atoms with E-state index in [9.17, 15) is 14.4 Å². The quantitative estimate of drug-likeness (QED) is 0.740. The molecular weight excluding hydrogens is 352 g/mol. The number of carbonyl (C=O) groups excluding carboxylic acids is 2. The lowest BCUT2D eigenvalue weighted by Crippen LogP contribution is -2.41. The van der Waals surface area contributed by atoms with Crippen LogP contribution in [-0.4, -0.2) is 52.4 Å². The molecule has 1 fully saturated rings. The Bertz CT molecular complexity index is 1050. The van der Waals surface area contributed by atoms with Gasteiger partial charge in [-0.3, -0.25) is 18.8 Å². The third-order valence-electron chi connectivity index (χ3n) is 4.25. The van der Waals surface area contributed by atoms with Crippen molar-refractivity contribution >= 4 is 23.1 Å². The first-order chi connectivity index (χ1) is 13.1. The lowest BCUT2D eigenvalue weighted by Gasteiger charge is -2.27. The highest BCUT2D eigenvalue weighted by atomic mass is 16.5. The average molecular weight is 368 g/mol. The predicted octanol–water partition coefficient (Wildman–Crippen LogP) is 1.01. The molecule has 9 heteroatoms. The summed E-state index contributed by atoms with van der Waals surface area (Å²) in [6.07, 6.45) is 4.11. The number of morpholine rings is 1. The van der Waals surface area contributed by atoms with Crippen LogP contribution in [0.25, 0.3) is 5.65 Å². The SMILES string of the molecule is O=C(Nc1cnc2c(C(=O)N3CCOCC3)cccn2c1=O)c1ccco1. The van der Waals surface area contributed by atoms with Crippen molar-refractivity contribution in [3.8, 4) is 0 Å². The van der Waals surface area contributed by atoms with Crippen molar-refractivity contribution in [1.82, 2.24) is 14.3 Å². The number of nitrogens with one attached hydrogen (secondary N) is 1. The highest BCUT2D eigenvalue weighted by molar-refractivity contribution is 6.02.